The van der Waals surface area contributed by atoms with Crippen LogP contribution in [0.25, 0.3) is 11.5 Å². The Hall–Kier alpha value is -2.68. The maximum Gasteiger partial charge on any atom is 0.387 e. The number of alkyl halides is 2. The highest BCUT2D eigenvalue weighted by Crippen LogP contribution is 2.37. The first-order chi connectivity index (χ1) is 13.9. The van der Waals surface area contributed by atoms with Gasteiger partial charge in [-0.05, 0) is 56.7 Å². The van der Waals surface area contributed by atoms with Crippen molar-refractivity contribution >= 4 is 5.91 Å². The third-order valence-electron chi connectivity index (χ3n) is 4.77. The first-order valence-electron chi connectivity index (χ1n) is 9.70. The lowest BCUT2D eigenvalue weighted by Gasteiger charge is -2.12. The number of hydrogen-bond acceptors (Lipinski definition) is 6. The molecule has 4 rings (SSSR count). The summed E-state index contributed by atoms with van der Waals surface area (Å²) < 4.78 is 41.4. The number of amides is 1. The topological polar surface area (TPSA) is 99.6 Å². The van der Waals surface area contributed by atoms with E-state index in [1.54, 1.807) is 6.92 Å². The minimum atomic E-state index is -2.96. The highest BCUT2D eigenvalue weighted by molar-refractivity contribution is 5.94. The maximum absolute atomic E-state index is 12.7. The van der Waals surface area contributed by atoms with Crippen molar-refractivity contribution in [2.75, 3.05) is 6.61 Å². The molecule has 3 N–H and O–H groups in total. The normalized spacial score (nSPS) is 17.3. The van der Waals surface area contributed by atoms with E-state index in [1.807, 2.05) is 0 Å². The smallest absolute Gasteiger partial charge is 0.387 e. The molecule has 1 aromatic heterocycles. The SMILES string of the molecule is C[C@H](N)c1oc(-c2ccc(OC(F)F)c(OCC3CC3)c2)nc1C(=O)NC1CC1. The van der Waals surface area contributed by atoms with Crippen molar-refractivity contribution in [1.82, 2.24) is 10.3 Å². The summed E-state index contributed by atoms with van der Waals surface area (Å²) >= 11 is 0. The molecule has 0 saturated heterocycles. The molecule has 2 aromatic rings. The van der Waals surface area contributed by atoms with Crippen LogP contribution in [0.15, 0.2) is 22.6 Å². The third kappa shape index (κ3) is 4.84. The van der Waals surface area contributed by atoms with Gasteiger partial charge in [0.1, 0.15) is 0 Å². The minimum absolute atomic E-state index is 0.0601. The Bertz CT molecular complexity index is 892. The molecular weight excluding hydrogens is 384 g/mol. The first kappa shape index (κ1) is 19.6. The van der Waals surface area contributed by atoms with E-state index >= 15 is 0 Å². The molecule has 1 atom stereocenters. The van der Waals surface area contributed by atoms with Gasteiger partial charge in [-0.3, -0.25) is 4.79 Å². The van der Waals surface area contributed by atoms with Crippen molar-refractivity contribution in [1.29, 1.82) is 0 Å². The molecule has 2 saturated carbocycles. The summed E-state index contributed by atoms with van der Waals surface area (Å²) in [6, 6.07) is 4.06. The van der Waals surface area contributed by atoms with Crippen LogP contribution in [-0.4, -0.2) is 30.2 Å². The standard InChI is InChI=1S/C20H23F2N3O4/c1-10(23)17-16(18(26)24-13-5-6-13)25-19(29-17)12-4-7-14(28-20(21)22)15(8-12)27-9-11-2-3-11/h4,7-8,10-11,13,20H,2-3,5-6,9,23H2,1H3,(H,24,26)/t10-/m0/s1. The second kappa shape index (κ2) is 7.98. The fourth-order valence-corrected chi connectivity index (χ4v) is 2.85. The summed E-state index contributed by atoms with van der Waals surface area (Å²) in [5, 5.41) is 2.87. The predicted octanol–water partition coefficient (Wildman–Crippen LogP) is 3.64. The summed E-state index contributed by atoms with van der Waals surface area (Å²) in [6.07, 6.45) is 4.00. The zero-order valence-corrected chi connectivity index (χ0v) is 16.0. The van der Waals surface area contributed by atoms with Crippen molar-refractivity contribution in [3.63, 3.8) is 0 Å². The van der Waals surface area contributed by atoms with Crippen LogP contribution in [0.4, 0.5) is 8.78 Å². The maximum atomic E-state index is 12.7. The number of nitrogens with one attached hydrogen (secondary N) is 1. The van der Waals surface area contributed by atoms with Crippen LogP contribution in [0.3, 0.4) is 0 Å². The Morgan fingerprint density at radius 1 is 1.31 bits per heavy atom. The van der Waals surface area contributed by atoms with Gasteiger partial charge in [0.25, 0.3) is 5.91 Å². The number of oxazole rings is 1. The summed E-state index contributed by atoms with van der Waals surface area (Å²) in [5.41, 5.74) is 6.56. The molecule has 2 aliphatic carbocycles. The van der Waals surface area contributed by atoms with Gasteiger partial charge < -0.3 is 24.9 Å². The Labute approximate surface area is 166 Å². The predicted molar refractivity (Wildman–Crippen MR) is 99.9 cm³/mol. The second-order valence-corrected chi connectivity index (χ2v) is 7.56. The van der Waals surface area contributed by atoms with Crippen LogP contribution >= 0.6 is 0 Å². The van der Waals surface area contributed by atoms with E-state index in [0.717, 1.165) is 25.7 Å². The lowest BCUT2D eigenvalue weighted by Crippen LogP contribution is -2.27. The van der Waals surface area contributed by atoms with Crippen molar-refractivity contribution in [2.24, 2.45) is 11.7 Å². The molecule has 1 amide bonds. The van der Waals surface area contributed by atoms with Gasteiger partial charge in [0, 0.05) is 11.6 Å². The summed E-state index contributed by atoms with van der Waals surface area (Å²) in [4.78, 5) is 16.8. The van der Waals surface area contributed by atoms with Crippen LogP contribution in [0.1, 0.15) is 54.9 Å². The highest BCUT2D eigenvalue weighted by atomic mass is 19.3. The van der Waals surface area contributed by atoms with Crippen molar-refractivity contribution in [2.45, 2.75) is 51.3 Å². The zero-order valence-electron chi connectivity index (χ0n) is 16.0. The number of benzene rings is 1. The number of carbonyl (C=O) groups excluding carboxylic acids is 1. The molecule has 29 heavy (non-hydrogen) atoms. The minimum Gasteiger partial charge on any atom is -0.489 e. The number of aromatic nitrogens is 1. The van der Waals surface area contributed by atoms with Crippen LogP contribution < -0.4 is 20.5 Å². The van der Waals surface area contributed by atoms with Gasteiger partial charge in [-0.1, -0.05) is 0 Å². The van der Waals surface area contributed by atoms with E-state index in [0.29, 0.717) is 18.1 Å². The van der Waals surface area contributed by atoms with E-state index in [-0.39, 0.29) is 40.8 Å². The van der Waals surface area contributed by atoms with Gasteiger partial charge >= 0.3 is 6.61 Å². The zero-order chi connectivity index (χ0) is 20.5. The number of hydrogen-bond donors (Lipinski definition) is 2. The van der Waals surface area contributed by atoms with Gasteiger partial charge in [0.05, 0.1) is 12.6 Å². The Morgan fingerprint density at radius 3 is 2.69 bits per heavy atom. The number of rotatable bonds is 9. The van der Waals surface area contributed by atoms with Crippen LogP contribution in [0.5, 0.6) is 11.5 Å². The number of ether oxygens (including phenoxy) is 2. The average Bonchev–Trinajstić information content (AvgIpc) is 3.59. The number of halogens is 2. The van der Waals surface area contributed by atoms with E-state index in [4.69, 9.17) is 14.9 Å². The van der Waals surface area contributed by atoms with Crippen LogP contribution in [0.2, 0.25) is 0 Å². The van der Waals surface area contributed by atoms with E-state index in [9.17, 15) is 13.6 Å². The largest absolute Gasteiger partial charge is 0.489 e. The molecule has 0 aliphatic heterocycles. The molecule has 0 radical (unpaired) electrons. The molecule has 1 heterocycles. The quantitative estimate of drug-likeness (QED) is 0.658. The Kier molecular flexibility index (Phi) is 5.40. The molecule has 7 nitrogen and oxygen atoms in total. The number of nitrogens with zero attached hydrogens (tertiary/aromatic N) is 1. The lowest BCUT2D eigenvalue weighted by molar-refractivity contribution is -0.0515. The van der Waals surface area contributed by atoms with Gasteiger partial charge in [-0.2, -0.15) is 8.78 Å². The third-order valence-corrected chi connectivity index (χ3v) is 4.77. The van der Waals surface area contributed by atoms with Crippen LogP contribution in [-0.2, 0) is 0 Å². The van der Waals surface area contributed by atoms with Crippen LogP contribution in [0, 0.1) is 5.92 Å². The fourth-order valence-electron chi connectivity index (χ4n) is 2.85. The fraction of sp³-hybridized carbons (Fsp3) is 0.500. The summed E-state index contributed by atoms with van der Waals surface area (Å²) in [5.74, 6) is 0.652. The number of nitrogens with two attached hydrogens (primary N) is 1. The molecular formula is C20H23F2N3O4. The summed E-state index contributed by atoms with van der Waals surface area (Å²) in [7, 11) is 0. The Morgan fingerprint density at radius 2 is 2.07 bits per heavy atom. The highest BCUT2D eigenvalue weighted by Gasteiger charge is 2.29. The van der Waals surface area contributed by atoms with Crippen molar-refractivity contribution in [3.8, 4) is 23.0 Å². The average molecular weight is 407 g/mol. The van der Waals surface area contributed by atoms with Gasteiger partial charge in [-0.25, -0.2) is 4.98 Å². The van der Waals surface area contributed by atoms with Crippen molar-refractivity contribution in [3.05, 3.63) is 29.7 Å². The molecule has 9 heteroatoms. The lowest BCUT2D eigenvalue weighted by atomic mass is 10.2. The van der Waals surface area contributed by atoms with Gasteiger partial charge in [-0.15, -0.1) is 0 Å². The molecule has 2 aliphatic rings. The van der Waals surface area contributed by atoms with Gasteiger partial charge in [0.2, 0.25) is 5.89 Å². The molecule has 0 unspecified atom stereocenters. The molecule has 1 aromatic carbocycles. The molecule has 2 fully saturated rings. The second-order valence-electron chi connectivity index (χ2n) is 7.56. The van der Waals surface area contributed by atoms with E-state index < -0.39 is 12.7 Å². The Balaban J connectivity index is 1.63. The van der Waals surface area contributed by atoms with E-state index in [2.05, 4.69) is 15.0 Å². The van der Waals surface area contributed by atoms with E-state index in [1.165, 1.54) is 18.2 Å². The monoisotopic (exact) mass is 407 g/mol. The van der Waals surface area contributed by atoms with Crippen molar-refractivity contribution < 1.29 is 27.5 Å². The number of carbonyl (C=O) groups is 1. The molecule has 156 valence electrons. The summed E-state index contributed by atoms with van der Waals surface area (Å²) in [6.45, 7) is -0.843. The first-order valence-corrected chi connectivity index (χ1v) is 9.70. The van der Waals surface area contributed by atoms with Gasteiger partial charge in [0.15, 0.2) is 23.0 Å². The molecule has 0 bridgehead atoms. The molecule has 0 spiro atoms.